The number of ketones is 1. The molecule has 2 aliphatic heterocycles. The highest BCUT2D eigenvalue weighted by Gasteiger charge is 2.26. The van der Waals surface area contributed by atoms with Crippen molar-refractivity contribution < 1.29 is 4.79 Å². The molecule has 0 spiro atoms. The van der Waals surface area contributed by atoms with E-state index in [2.05, 4.69) is 67.0 Å². The SMILES string of the molecule is CCCCCCCCCCCCCCC(=O)C(c1ccc2c(c1)CCCN2CC)c1ccc2c(c1)CCCN2CC. The van der Waals surface area contributed by atoms with Crippen LogP contribution >= 0.6 is 0 Å². The third-order valence-electron chi connectivity index (χ3n) is 9.67. The van der Waals surface area contributed by atoms with Crippen LogP contribution < -0.4 is 9.80 Å². The van der Waals surface area contributed by atoms with E-state index >= 15 is 0 Å². The van der Waals surface area contributed by atoms with Gasteiger partial charge in [-0.2, -0.15) is 0 Å². The van der Waals surface area contributed by atoms with Gasteiger partial charge in [-0.15, -0.1) is 0 Å². The molecule has 0 aliphatic carbocycles. The van der Waals surface area contributed by atoms with Crippen LogP contribution in [0.1, 0.15) is 145 Å². The number of carbonyl (C=O) groups excluding carboxylic acids is 1. The summed E-state index contributed by atoms with van der Waals surface area (Å²) in [6, 6.07) is 13.9. The summed E-state index contributed by atoms with van der Waals surface area (Å²) in [7, 11) is 0. The number of aryl methyl sites for hydroxylation is 2. The summed E-state index contributed by atoms with van der Waals surface area (Å²) in [5, 5.41) is 0. The minimum Gasteiger partial charge on any atom is -0.372 e. The molecule has 0 saturated carbocycles. The number of rotatable bonds is 18. The van der Waals surface area contributed by atoms with E-state index < -0.39 is 0 Å². The average molecular weight is 559 g/mol. The molecule has 0 N–H and O–H groups in total. The van der Waals surface area contributed by atoms with Gasteiger partial charge in [0, 0.05) is 44.0 Å². The number of unbranched alkanes of at least 4 members (excludes halogenated alkanes) is 11. The Morgan fingerprint density at radius 2 is 1.07 bits per heavy atom. The molecule has 0 bridgehead atoms. The molecular weight excluding hydrogens is 500 g/mol. The second kappa shape index (κ2) is 17.0. The molecule has 2 aromatic rings. The van der Waals surface area contributed by atoms with Gasteiger partial charge < -0.3 is 9.80 Å². The number of fused-ring (bicyclic) bond motifs is 2. The smallest absolute Gasteiger partial charge is 0.144 e. The summed E-state index contributed by atoms with van der Waals surface area (Å²) >= 11 is 0. The number of hydrogen-bond acceptors (Lipinski definition) is 3. The molecular formula is C38H58N2O. The van der Waals surface area contributed by atoms with Crippen molar-refractivity contribution >= 4 is 17.2 Å². The zero-order valence-electron chi connectivity index (χ0n) is 26.7. The largest absolute Gasteiger partial charge is 0.372 e. The van der Waals surface area contributed by atoms with Crippen molar-refractivity contribution in [1.82, 2.24) is 0 Å². The molecule has 0 amide bonds. The van der Waals surface area contributed by atoms with Crippen LogP contribution in [0.4, 0.5) is 11.4 Å². The summed E-state index contributed by atoms with van der Waals surface area (Å²) in [5.41, 5.74) is 8.00. The summed E-state index contributed by atoms with van der Waals surface area (Å²) in [5.74, 6) is 0.260. The van der Waals surface area contributed by atoms with Gasteiger partial charge in [0.1, 0.15) is 5.78 Å². The molecule has 2 heterocycles. The maximum Gasteiger partial charge on any atom is 0.144 e. The maximum absolute atomic E-state index is 14.0. The van der Waals surface area contributed by atoms with Crippen LogP contribution in [0.2, 0.25) is 0 Å². The Morgan fingerprint density at radius 1 is 0.634 bits per heavy atom. The van der Waals surface area contributed by atoms with Crippen molar-refractivity contribution in [3.8, 4) is 0 Å². The highest BCUT2D eigenvalue weighted by Crippen LogP contribution is 2.37. The lowest BCUT2D eigenvalue weighted by atomic mass is 9.82. The van der Waals surface area contributed by atoms with Gasteiger partial charge in [0.15, 0.2) is 0 Å². The van der Waals surface area contributed by atoms with E-state index in [1.807, 2.05) is 0 Å². The van der Waals surface area contributed by atoms with E-state index in [4.69, 9.17) is 0 Å². The van der Waals surface area contributed by atoms with Crippen molar-refractivity contribution in [3.63, 3.8) is 0 Å². The third kappa shape index (κ3) is 8.85. The molecule has 0 aromatic heterocycles. The first kappa shape index (κ1) is 31.6. The molecule has 2 aliphatic rings. The van der Waals surface area contributed by atoms with Crippen LogP contribution in [0.25, 0.3) is 0 Å². The molecule has 0 atom stereocenters. The van der Waals surface area contributed by atoms with E-state index in [9.17, 15) is 4.79 Å². The first-order valence-electron chi connectivity index (χ1n) is 17.4. The van der Waals surface area contributed by atoms with Gasteiger partial charge in [-0.3, -0.25) is 4.79 Å². The lowest BCUT2D eigenvalue weighted by Gasteiger charge is -2.32. The van der Waals surface area contributed by atoms with E-state index in [1.165, 1.54) is 117 Å². The van der Waals surface area contributed by atoms with Crippen molar-refractivity contribution in [3.05, 3.63) is 58.7 Å². The number of benzene rings is 2. The molecule has 0 saturated heterocycles. The minimum absolute atomic E-state index is 0.146. The molecule has 2 aromatic carbocycles. The van der Waals surface area contributed by atoms with E-state index in [0.29, 0.717) is 12.2 Å². The Bertz CT molecular complexity index is 1010. The fraction of sp³-hybridized carbons (Fsp3) is 0.658. The van der Waals surface area contributed by atoms with Crippen molar-refractivity contribution in [2.45, 2.75) is 136 Å². The molecule has 4 rings (SSSR count). The molecule has 3 nitrogen and oxygen atoms in total. The van der Waals surface area contributed by atoms with Crippen molar-refractivity contribution in [1.29, 1.82) is 0 Å². The zero-order chi connectivity index (χ0) is 28.9. The average Bonchev–Trinajstić information content (AvgIpc) is 3.00. The third-order valence-corrected chi connectivity index (χ3v) is 9.67. The van der Waals surface area contributed by atoms with Crippen LogP contribution in [-0.4, -0.2) is 32.0 Å². The van der Waals surface area contributed by atoms with Crippen molar-refractivity contribution in [2.75, 3.05) is 36.0 Å². The lowest BCUT2D eigenvalue weighted by molar-refractivity contribution is -0.119. The fourth-order valence-electron chi connectivity index (χ4n) is 7.25. The standard InChI is InChI=1S/C38H58N2O/c1-4-7-8-9-10-11-12-13-14-15-16-17-22-37(41)38(33-23-25-35-31(29-33)20-18-27-39(35)5-2)34-24-26-36-32(30-34)21-19-28-40(36)6-3/h23-26,29-30,38H,4-22,27-28H2,1-3H3. The number of nitrogens with zero attached hydrogens (tertiary/aromatic N) is 2. The van der Waals surface area contributed by atoms with Gasteiger partial charge in [0.2, 0.25) is 0 Å². The zero-order valence-corrected chi connectivity index (χ0v) is 26.7. The topological polar surface area (TPSA) is 23.6 Å². The van der Waals surface area contributed by atoms with E-state index in [0.717, 1.165) is 45.4 Å². The molecule has 0 fully saturated rings. The highest BCUT2D eigenvalue weighted by atomic mass is 16.1. The van der Waals surface area contributed by atoms with Gasteiger partial charge in [0.25, 0.3) is 0 Å². The molecule has 0 radical (unpaired) electrons. The molecule has 0 unspecified atom stereocenters. The minimum atomic E-state index is -0.146. The Labute approximate surface area is 252 Å². The quantitative estimate of drug-likeness (QED) is 0.170. The first-order chi connectivity index (χ1) is 20.2. The molecule has 41 heavy (non-hydrogen) atoms. The summed E-state index contributed by atoms with van der Waals surface area (Å²) in [4.78, 5) is 19.0. The first-order valence-corrected chi connectivity index (χ1v) is 17.4. The number of carbonyl (C=O) groups is 1. The van der Waals surface area contributed by atoms with Crippen LogP contribution in [0.5, 0.6) is 0 Å². The van der Waals surface area contributed by atoms with Crippen LogP contribution in [0.3, 0.4) is 0 Å². The Hall–Kier alpha value is -2.29. The van der Waals surface area contributed by atoms with E-state index in [-0.39, 0.29) is 5.92 Å². The highest BCUT2D eigenvalue weighted by molar-refractivity contribution is 5.89. The molecule has 3 heteroatoms. The number of anilines is 2. The monoisotopic (exact) mass is 558 g/mol. The van der Waals surface area contributed by atoms with Gasteiger partial charge >= 0.3 is 0 Å². The summed E-state index contributed by atoms with van der Waals surface area (Å²) < 4.78 is 0. The van der Waals surface area contributed by atoms with Crippen LogP contribution in [0.15, 0.2) is 36.4 Å². The van der Waals surface area contributed by atoms with Gasteiger partial charge in [-0.1, -0.05) is 102 Å². The maximum atomic E-state index is 14.0. The Balaban J connectivity index is 1.38. The molecule has 226 valence electrons. The summed E-state index contributed by atoms with van der Waals surface area (Å²) in [6.45, 7) is 11.2. The Kier molecular flexibility index (Phi) is 13.1. The summed E-state index contributed by atoms with van der Waals surface area (Å²) in [6.07, 6.45) is 21.2. The number of Topliss-reactive ketones (excluding diaryl/α,β-unsaturated/α-hetero) is 1. The normalized spacial score (nSPS) is 14.8. The second-order valence-electron chi connectivity index (χ2n) is 12.7. The second-order valence-corrected chi connectivity index (χ2v) is 12.7. The predicted molar refractivity (Wildman–Crippen MR) is 178 cm³/mol. The van der Waals surface area contributed by atoms with E-state index in [1.54, 1.807) is 0 Å². The fourth-order valence-corrected chi connectivity index (χ4v) is 7.25. The van der Waals surface area contributed by atoms with Gasteiger partial charge in [0.05, 0.1) is 5.92 Å². The van der Waals surface area contributed by atoms with Gasteiger partial charge in [-0.25, -0.2) is 0 Å². The number of hydrogen-bond donors (Lipinski definition) is 0. The Morgan fingerprint density at radius 3 is 1.51 bits per heavy atom. The predicted octanol–water partition coefficient (Wildman–Crippen LogP) is 10.0. The van der Waals surface area contributed by atoms with Crippen LogP contribution in [-0.2, 0) is 17.6 Å². The van der Waals surface area contributed by atoms with Gasteiger partial charge in [-0.05, 0) is 80.3 Å². The van der Waals surface area contributed by atoms with Crippen LogP contribution in [0, 0.1) is 0 Å². The lowest BCUT2D eigenvalue weighted by Crippen LogP contribution is -2.29. The van der Waals surface area contributed by atoms with Crippen molar-refractivity contribution in [2.24, 2.45) is 0 Å².